The Labute approximate surface area is 187 Å². The maximum absolute atomic E-state index is 13.4. The molecule has 3 aliphatic rings. The molecule has 33 heavy (non-hydrogen) atoms. The number of amides is 1. The molecule has 2 unspecified atom stereocenters. The fraction of sp³-hybridized carbons (Fsp3) is 0.391. The van der Waals surface area contributed by atoms with E-state index < -0.39 is 29.8 Å². The smallest absolute Gasteiger partial charge is 0.497 e. The number of esters is 1. The van der Waals surface area contributed by atoms with Crippen LogP contribution in [0, 0.1) is 0 Å². The first-order valence-corrected chi connectivity index (χ1v) is 10.4. The highest BCUT2D eigenvalue weighted by Gasteiger charge is 2.53. The number of hydrogen-bond acceptors (Lipinski definition) is 7. The molecule has 0 bridgehead atoms. The highest BCUT2D eigenvalue weighted by molar-refractivity contribution is 5.92. The van der Waals surface area contributed by atoms with Crippen LogP contribution in [-0.4, -0.2) is 38.5 Å². The number of hydrogen-bond donors (Lipinski definition) is 1. The SMILES string of the molecule is COC(=O)C1CC(NC(=O)C2(c3ccc4c(c3)OC(F)(F)O4)CC2)c2ccc(OC)cc2O1. The number of halogens is 2. The van der Waals surface area contributed by atoms with Crippen molar-refractivity contribution in [2.24, 2.45) is 0 Å². The number of nitrogens with one attached hydrogen (secondary N) is 1. The number of carbonyl (C=O) groups excluding carboxylic acids is 2. The molecule has 5 rings (SSSR count). The van der Waals surface area contributed by atoms with Crippen LogP contribution < -0.4 is 24.3 Å². The van der Waals surface area contributed by atoms with E-state index in [1.165, 1.54) is 26.4 Å². The third-order valence-electron chi connectivity index (χ3n) is 6.22. The zero-order valence-corrected chi connectivity index (χ0v) is 17.9. The van der Waals surface area contributed by atoms with Crippen molar-refractivity contribution in [1.82, 2.24) is 5.32 Å². The lowest BCUT2D eigenvalue weighted by Crippen LogP contribution is -2.43. The van der Waals surface area contributed by atoms with Gasteiger partial charge in [-0.1, -0.05) is 6.07 Å². The van der Waals surface area contributed by atoms with E-state index in [2.05, 4.69) is 14.8 Å². The third-order valence-corrected chi connectivity index (χ3v) is 6.22. The molecular formula is C23H21F2NO7. The first-order chi connectivity index (χ1) is 15.7. The van der Waals surface area contributed by atoms with Gasteiger partial charge in [0, 0.05) is 18.1 Å². The van der Waals surface area contributed by atoms with Crippen molar-refractivity contribution in [3.8, 4) is 23.0 Å². The minimum atomic E-state index is -3.73. The topological polar surface area (TPSA) is 92.3 Å². The van der Waals surface area contributed by atoms with Crippen LogP contribution in [0.3, 0.4) is 0 Å². The summed E-state index contributed by atoms with van der Waals surface area (Å²) in [6.07, 6.45) is -3.35. The van der Waals surface area contributed by atoms with Crippen molar-refractivity contribution in [2.45, 2.75) is 43.1 Å². The first kappa shape index (κ1) is 21.3. The maximum atomic E-state index is 13.4. The third kappa shape index (κ3) is 3.69. The Kier molecular flexibility index (Phi) is 4.84. The lowest BCUT2D eigenvalue weighted by Gasteiger charge is -2.32. The van der Waals surface area contributed by atoms with Crippen LogP contribution in [0.1, 0.15) is 36.4 Å². The monoisotopic (exact) mass is 461 g/mol. The highest BCUT2D eigenvalue weighted by atomic mass is 19.3. The van der Waals surface area contributed by atoms with Crippen molar-refractivity contribution in [1.29, 1.82) is 0 Å². The van der Waals surface area contributed by atoms with Gasteiger partial charge in [0.15, 0.2) is 17.6 Å². The summed E-state index contributed by atoms with van der Waals surface area (Å²) in [7, 11) is 2.78. The van der Waals surface area contributed by atoms with E-state index in [-0.39, 0.29) is 23.8 Å². The van der Waals surface area contributed by atoms with E-state index in [0.717, 1.165) is 0 Å². The lowest BCUT2D eigenvalue weighted by molar-refractivity contribution is -0.286. The predicted molar refractivity (Wildman–Crippen MR) is 108 cm³/mol. The number of alkyl halides is 2. The standard InChI is InChI=1S/C23H21F2NO7/c1-29-13-4-5-14-15(11-19(20(27)30-2)31-17(14)10-13)26-21(28)22(7-8-22)12-3-6-16-18(9-12)33-23(24,25)32-16/h3-6,9-10,15,19H,7-8,11H2,1-2H3,(H,26,28). The fourth-order valence-corrected chi connectivity index (χ4v) is 4.30. The minimum absolute atomic E-state index is 0.0758. The summed E-state index contributed by atoms with van der Waals surface area (Å²) >= 11 is 0. The number of rotatable bonds is 5. The number of benzene rings is 2. The molecule has 0 aromatic heterocycles. The molecule has 2 atom stereocenters. The quantitative estimate of drug-likeness (QED) is 0.684. The van der Waals surface area contributed by atoms with Gasteiger partial charge in [0.1, 0.15) is 11.5 Å². The van der Waals surface area contributed by atoms with Crippen LogP contribution in [-0.2, 0) is 19.7 Å². The van der Waals surface area contributed by atoms with Crippen molar-refractivity contribution < 1.29 is 42.1 Å². The summed E-state index contributed by atoms with van der Waals surface area (Å²) in [4.78, 5) is 25.6. The zero-order valence-electron chi connectivity index (χ0n) is 17.9. The van der Waals surface area contributed by atoms with E-state index in [1.807, 2.05) is 0 Å². The zero-order chi connectivity index (χ0) is 23.4. The van der Waals surface area contributed by atoms with Crippen molar-refractivity contribution in [3.05, 3.63) is 47.5 Å². The van der Waals surface area contributed by atoms with Crippen LogP contribution in [0.15, 0.2) is 36.4 Å². The molecule has 1 aliphatic carbocycles. The normalized spacial score (nSPS) is 23.0. The van der Waals surface area contributed by atoms with Crippen molar-refractivity contribution in [3.63, 3.8) is 0 Å². The molecule has 1 amide bonds. The van der Waals surface area contributed by atoms with Crippen LogP contribution in [0.25, 0.3) is 0 Å². The molecular weight excluding hydrogens is 440 g/mol. The van der Waals surface area contributed by atoms with Gasteiger partial charge in [0.2, 0.25) is 5.91 Å². The summed E-state index contributed by atoms with van der Waals surface area (Å²) in [6.45, 7) is 0. The van der Waals surface area contributed by atoms with Gasteiger partial charge < -0.3 is 29.0 Å². The van der Waals surface area contributed by atoms with Crippen molar-refractivity contribution >= 4 is 11.9 Å². The Balaban J connectivity index is 1.41. The largest absolute Gasteiger partial charge is 0.586 e. The fourth-order valence-electron chi connectivity index (χ4n) is 4.30. The van der Waals surface area contributed by atoms with Crippen molar-refractivity contribution in [2.75, 3.05) is 14.2 Å². The van der Waals surface area contributed by atoms with Gasteiger partial charge in [0.25, 0.3) is 0 Å². The van der Waals surface area contributed by atoms with Gasteiger partial charge in [-0.25, -0.2) is 4.79 Å². The summed E-state index contributed by atoms with van der Waals surface area (Å²) in [5.74, 6) is -0.0541. The summed E-state index contributed by atoms with van der Waals surface area (Å²) in [5, 5.41) is 3.02. The molecule has 174 valence electrons. The number of carbonyl (C=O) groups is 2. The average Bonchev–Trinajstić information content (AvgIpc) is 3.55. The molecule has 1 saturated carbocycles. The Morgan fingerprint density at radius 1 is 1.03 bits per heavy atom. The van der Waals surface area contributed by atoms with Gasteiger partial charge in [-0.15, -0.1) is 8.78 Å². The molecule has 0 saturated heterocycles. The molecule has 2 aromatic rings. The molecule has 0 spiro atoms. The molecule has 10 heteroatoms. The lowest BCUT2D eigenvalue weighted by atomic mass is 9.91. The average molecular weight is 461 g/mol. The number of ether oxygens (including phenoxy) is 5. The number of fused-ring (bicyclic) bond motifs is 2. The minimum Gasteiger partial charge on any atom is -0.497 e. The van der Waals surface area contributed by atoms with Crippen LogP contribution in [0.5, 0.6) is 23.0 Å². The predicted octanol–water partition coefficient (Wildman–Crippen LogP) is 3.23. The van der Waals surface area contributed by atoms with Gasteiger partial charge >= 0.3 is 12.3 Å². The van der Waals surface area contributed by atoms with Gasteiger partial charge in [-0.3, -0.25) is 4.79 Å². The highest BCUT2D eigenvalue weighted by Crippen LogP contribution is 2.52. The van der Waals surface area contributed by atoms with Gasteiger partial charge in [-0.2, -0.15) is 0 Å². The second-order valence-corrected chi connectivity index (χ2v) is 8.21. The van der Waals surface area contributed by atoms with E-state index in [1.54, 1.807) is 24.3 Å². The summed E-state index contributed by atoms with van der Waals surface area (Å²) in [5.41, 5.74) is 0.388. The number of methoxy groups -OCH3 is 2. The van der Waals surface area contributed by atoms with E-state index >= 15 is 0 Å². The van der Waals surface area contributed by atoms with E-state index in [0.29, 0.717) is 35.5 Å². The van der Waals surface area contributed by atoms with Crippen LogP contribution in [0.2, 0.25) is 0 Å². The second-order valence-electron chi connectivity index (χ2n) is 8.21. The molecule has 2 heterocycles. The van der Waals surface area contributed by atoms with Crippen LogP contribution in [0.4, 0.5) is 8.78 Å². The molecule has 1 N–H and O–H groups in total. The molecule has 0 radical (unpaired) electrons. The Hall–Kier alpha value is -3.56. The Morgan fingerprint density at radius 2 is 1.79 bits per heavy atom. The van der Waals surface area contributed by atoms with E-state index in [9.17, 15) is 18.4 Å². The molecule has 2 aliphatic heterocycles. The Morgan fingerprint density at radius 3 is 2.48 bits per heavy atom. The molecule has 2 aromatic carbocycles. The van der Waals surface area contributed by atoms with E-state index in [4.69, 9.17) is 14.2 Å². The second kappa shape index (κ2) is 7.50. The van der Waals surface area contributed by atoms with Gasteiger partial charge in [0.05, 0.1) is 25.7 Å². The van der Waals surface area contributed by atoms with Gasteiger partial charge in [-0.05, 0) is 42.7 Å². The molecule has 1 fully saturated rings. The molecule has 8 nitrogen and oxygen atoms in total. The summed E-state index contributed by atoms with van der Waals surface area (Å²) in [6, 6.07) is 9.03. The van der Waals surface area contributed by atoms with Crippen LogP contribution >= 0.6 is 0 Å². The summed E-state index contributed by atoms with van der Waals surface area (Å²) < 4.78 is 51.6. The first-order valence-electron chi connectivity index (χ1n) is 10.4. The Bertz CT molecular complexity index is 1130. The maximum Gasteiger partial charge on any atom is 0.586 e.